The Bertz CT molecular complexity index is 255. The summed E-state index contributed by atoms with van der Waals surface area (Å²) < 4.78 is 0. The summed E-state index contributed by atoms with van der Waals surface area (Å²) in [6.07, 6.45) is 5.65. The largest absolute Gasteiger partial charge is 0.354 e. The Morgan fingerprint density at radius 3 is 2.67 bits per heavy atom. The van der Waals surface area contributed by atoms with Gasteiger partial charge in [0.2, 0.25) is 5.91 Å². The van der Waals surface area contributed by atoms with Crippen LogP contribution < -0.4 is 11.1 Å². The fraction of sp³-hybridized carbons (Fsp3) is 0.929. The van der Waals surface area contributed by atoms with E-state index in [2.05, 4.69) is 17.3 Å². The van der Waals surface area contributed by atoms with E-state index in [1.165, 1.54) is 25.7 Å². The van der Waals surface area contributed by atoms with E-state index >= 15 is 0 Å². The molecule has 1 aliphatic rings. The molecular formula is C14H29N3O. The van der Waals surface area contributed by atoms with Gasteiger partial charge in [0.05, 0.1) is 0 Å². The quantitative estimate of drug-likeness (QED) is 0.753. The number of rotatable bonds is 6. The Morgan fingerprint density at radius 1 is 1.39 bits per heavy atom. The van der Waals surface area contributed by atoms with E-state index in [9.17, 15) is 4.79 Å². The summed E-state index contributed by atoms with van der Waals surface area (Å²) in [5, 5.41) is 2.94. The third-order valence-electron chi connectivity index (χ3n) is 3.88. The van der Waals surface area contributed by atoms with Crippen LogP contribution in [0.3, 0.4) is 0 Å². The summed E-state index contributed by atoms with van der Waals surface area (Å²) in [4.78, 5) is 14.0. The van der Waals surface area contributed by atoms with Gasteiger partial charge in [0.1, 0.15) is 0 Å². The fourth-order valence-corrected chi connectivity index (χ4v) is 2.88. The first-order chi connectivity index (χ1) is 8.54. The second kappa shape index (κ2) is 7.74. The van der Waals surface area contributed by atoms with Crippen molar-refractivity contribution in [2.75, 3.05) is 20.1 Å². The van der Waals surface area contributed by atoms with E-state index in [1.54, 1.807) is 0 Å². The Kier molecular flexibility index (Phi) is 6.65. The lowest BCUT2D eigenvalue weighted by atomic mass is 9.83. The van der Waals surface area contributed by atoms with Gasteiger partial charge >= 0.3 is 0 Å². The number of nitrogens with zero attached hydrogens (tertiary/aromatic N) is 1. The third kappa shape index (κ3) is 4.94. The molecule has 4 heteroatoms. The fourth-order valence-electron chi connectivity index (χ4n) is 2.88. The lowest BCUT2D eigenvalue weighted by molar-refractivity contribution is -0.122. The summed E-state index contributed by atoms with van der Waals surface area (Å²) in [6.45, 7) is 5.59. The molecule has 0 radical (unpaired) electrons. The van der Waals surface area contributed by atoms with Crippen LogP contribution in [0, 0.1) is 5.92 Å². The van der Waals surface area contributed by atoms with E-state index in [0.29, 0.717) is 18.4 Å². The molecule has 0 aromatic rings. The average Bonchev–Trinajstić information content (AvgIpc) is 2.35. The van der Waals surface area contributed by atoms with Crippen LogP contribution in [0.4, 0.5) is 0 Å². The van der Waals surface area contributed by atoms with E-state index in [4.69, 9.17) is 5.73 Å². The Balaban J connectivity index is 2.34. The number of nitrogens with two attached hydrogens (primary N) is 1. The van der Waals surface area contributed by atoms with Crippen LogP contribution in [-0.2, 0) is 4.79 Å². The monoisotopic (exact) mass is 255 g/mol. The number of nitrogens with one attached hydrogen (secondary N) is 1. The van der Waals surface area contributed by atoms with Gasteiger partial charge in [-0.2, -0.15) is 0 Å². The third-order valence-corrected chi connectivity index (χ3v) is 3.88. The molecule has 3 N–H and O–H groups in total. The molecule has 1 fully saturated rings. The highest BCUT2D eigenvalue weighted by Gasteiger charge is 2.27. The highest BCUT2D eigenvalue weighted by molar-refractivity contribution is 5.76. The van der Waals surface area contributed by atoms with Crippen molar-refractivity contribution in [2.24, 2.45) is 11.7 Å². The molecule has 1 aliphatic carbocycles. The van der Waals surface area contributed by atoms with Crippen LogP contribution in [0.15, 0.2) is 0 Å². The van der Waals surface area contributed by atoms with Gasteiger partial charge in [-0.1, -0.05) is 12.8 Å². The number of amides is 1. The molecule has 4 nitrogen and oxygen atoms in total. The molecule has 0 saturated heterocycles. The number of carbonyl (C=O) groups is 1. The molecule has 0 aliphatic heterocycles. The van der Waals surface area contributed by atoms with E-state index < -0.39 is 0 Å². The van der Waals surface area contributed by atoms with Crippen LogP contribution in [0.5, 0.6) is 0 Å². The van der Waals surface area contributed by atoms with Crippen molar-refractivity contribution in [3.63, 3.8) is 0 Å². The number of hydrogen-bond donors (Lipinski definition) is 2. The molecule has 0 aromatic heterocycles. The highest BCUT2D eigenvalue weighted by atomic mass is 16.1. The van der Waals surface area contributed by atoms with Crippen LogP contribution in [0.1, 0.15) is 46.0 Å². The van der Waals surface area contributed by atoms with Gasteiger partial charge in [-0.05, 0) is 46.2 Å². The Labute approximate surface area is 111 Å². The van der Waals surface area contributed by atoms with E-state index in [-0.39, 0.29) is 11.9 Å². The van der Waals surface area contributed by atoms with Gasteiger partial charge in [-0.3, -0.25) is 4.79 Å². The van der Waals surface area contributed by atoms with Crippen LogP contribution in [-0.4, -0.2) is 43.0 Å². The second-order valence-corrected chi connectivity index (χ2v) is 5.80. The van der Waals surface area contributed by atoms with Gasteiger partial charge in [-0.15, -0.1) is 0 Å². The molecule has 0 bridgehead atoms. The summed E-state index contributed by atoms with van der Waals surface area (Å²) in [5.41, 5.74) is 5.85. The second-order valence-electron chi connectivity index (χ2n) is 5.80. The summed E-state index contributed by atoms with van der Waals surface area (Å²) in [6, 6.07) is 0.796. The van der Waals surface area contributed by atoms with Crippen LogP contribution in [0.25, 0.3) is 0 Å². The molecule has 1 rings (SSSR count). The van der Waals surface area contributed by atoms with Gasteiger partial charge in [0, 0.05) is 25.0 Å². The SMILES string of the molecule is CC(C)NC(=O)CCN(C)C1CCCCC1CN. The zero-order chi connectivity index (χ0) is 13.5. The molecule has 1 saturated carbocycles. The smallest absolute Gasteiger partial charge is 0.221 e. The first kappa shape index (κ1) is 15.4. The first-order valence-corrected chi connectivity index (χ1v) is 7.24. The zero-order valence-electron chi connectivity index (χ0n) is 12.1. The lowest BCUT2D eigenvalue weighted by Crippen LogP contribution is -2.44. The average molecular weight is 255 g/mol. The van der Waals surface area contributed by atoms with Crippen molar-refractivity contribution >= 4 is 5.91 Å². The number of hydrogen-bond acceptors (Lipinski definition) is 3. The van der Waals surface area contributed by atoms with Gasteiger partial charge in [0.25, 0.3) is 0 Å². The molecule has 2 atom stereocenters. The maximum absolute atomic E-state index is 11.6. The molecular weight excluding hydrogens is 226 g/mol. The molecule has 2 unspecified atom stereocenters. The van der Waals surface area contributed by atoms with E-state index in [0.717, 1.165) is 13.1 Å². The van der Waals surface area contributed by atoms with Crippen molar-refractivity contribution in [1.29, 1.82) is 0 Å². The van der Waals surface area contributed by atoms with Crippen molar-refractivity contribution < 1.29 is 4.79 Å². The van der Waals surface area contributed by atoms with E-state index in [1.807, 2.05) is 13.8 Å². The van der Waals surface area contributed by atoms with Crippen LogP contribution >= 0.6 is 0 Å². The van der Waals surface area contributed by atoms with Gasteiger partial charge < -0.3 is 16.0 Å². The minimum atomic E-state index is 0.150. The Morgan fingerprint density at radius 2 is 2.06 bits per heavy atom. The minimum absolute atomic E-state index is 0.150. The summed E-state index contributed by atoms with van der Waals surface area (Å²) in [5.74, 6) is 0.758. The van der Waals surface area contributed by atoms with Gasteiger partial charge in [-0.25, -0.2) is 0 Å². The standard InChI is InChI=1S/C14H29N3O/c1-11(2)16-14(18)8-9-17(3)13-7-5-4-6-12(13)10-15/h11-13H,4-10,15H2,1-3H3,(H,16,18). The minimum Gasteiger partial charge on any atom is -0.354 e. The first-order valence-electron chi connectivity index (χ1n) is 7.24. The summed E-state index contributed by atoms with van der Waals surface area (Å²) >= 11 is 0. The zero-order valence-corrected chi connectivity index (χ0v) is 12.1. The Hall–Kier alpha value is -0.610. The predicted octanol–water partition coefficient (Wildman–Crippen LogP) is 1.35. The van der Waals surface area contributed by atoms with Crippen molar-refractivity contribution in [3.8, 4) is 0 Å². The topological polar surface area (TPSA) is 58.4 Å². The molecule has 106 valence electrons. The molecule has 0 aromatic carbocycles. The van der Waals surface area contributed by atoms with Crippen molar-refractivity contribution in [2.45, 2.75) is 58.0 Å². The van der Waals surface area contributed by atoms with Crippen molar-refractivity contribution in [1.82, 2.24) is 10.2 Å². The van der Waals surface area contributed by atoms with Gasteiger partial charge in [0.15, 0.2) is 0 Å². The van der Waals surface area contributed by atoms with Crippen LogP contribution in [0.2, 0.25) is 0 Å². The summed E-state index contributed by atoms with van der Waals surface area (Å²) in [7, 11) is 2.13. The molecule has 0 spiro atoms. The molecule has 0 heterocycles. The lowest BCUT2D eigenvalue weighted by Gasteiger charge is -2.37. The molecule has 1 amide bonds. The maximum atomic E-state index is 11.6. The predicted molar refractivity (Wildman–Crippen MR) is 75.3 cm³/mol. The normalized spacial score (nSPS) is 24.6. The molecule has 18 heavy (non-hydrogen) atoms. The number of carbonyl (C=O) groups excluding carboxylic acids is 1. The van der Waals surface area contributed by atoms with Crippen molar-refractivity contribution in [3.05, 3.63) is 0 Å². The maximum Gasteiger partial charge on any atom is 0.221 e. The highest BCUT2D eigenvalue weighted by Crippen LogP contribution is 2.27.